The van der Waals surface area contributed by atoms with Crippen LogP contribution in [0.1, 0.15) is 16.8 Å². The van der Waals surface area contributed by atoms with Crippen LogP contribution < -0.4 is 10.6 Å². The van der Waals surface area contributed by atoms with Gasteiger partial charge in [-0.15, -0.1) is 11.3 Å². The van der Waals surface area contributed by atoms with Crippen LogP contribution in [0.5, 0.6) is 0 Å². The summed E-state index contributed by atoms with van der Waals surface area (Å²) in [6.07, 6.45) is 0.172. The Hall–Kier alpha value is -2.71. The topological polar surface area (TPSA) is 71.1 Å². The van der Waals surface area contributed by atoms with E-state index in [2.05, 4.69) is 15.6 Å². The zero-order chi connectivity index (χ0) is 20.8. The Morgan fingerprint density at radius 3 is 2.34 bits per heavy atom. The second-order valence-electron chi connectivity index (χ2n) is 6.55. The fourth-order valence-corrected chi connectivity index (χ4v) is 4.35. The number of aromatic nitrogens is 1. The van der Waals surface area contributed by atoms with Crippen molar-refractivity contribution in [3.8, 4) is 0 Å². The van der Waals surface area contributed by atoms with Crippen LogP contribution in [-0.2, 0) is 16.0 Å². The number of amides is 2. The summed E-state index contributed by atoms with van der Waals surface area (Å²) < 4.78 is 13.6. The maximum absolute atomic E-state index is 12.9. The number of benzene rings is 2. The van der Waals surface area contributed by atoms with E-state index in [1.54, 1.807) is 0 Å². The van der Waals surface area contributed by atoms with Gasteiger partial charge in [-0.25, -0.2) is 9.37 Å². The molecule has 0 saturated carbocycles. The first-order chi connectivity index (χ1) is 13.9. The van der Waals surface area contributed by atoms with Crippen LogP contribution in [0.4, 0.5) is 15.8 Å². The van der Waals surface area contributed by atoms with Crippen LogP contribution in [0.25, 0.3) is 0 Å². The van der Waals surface area contributed by atoms with Crippen molar-refractivity contribution in [2.75, 3.05) is 16.4 Å². The van der Waals surface area contributed by atoms with Gasteiger partial charge in [0.2, 0.25) is 11.8 Å². The molecule has 0 bridgehead atoms. The number of aryl methyl sites for hydroxylation is 2. The maximum atomic E-state index is 12.9. The number of anilines is 2. The van der Waals surface area contributed by atoms with E-state index in [0.717, 1.165) is 16.8 Å². The lowest BCUT2D eigenvalue weighted by Gasteiger charge is -2.06. The summed E-state index contributed by atoms with van der Waals surface area (Å²) in [5.74, 6) is -0.509. The van der Waals surface area contributed by atoms with Gasteiger partial charge in [-0.3, -0.25) is 9.59 Å². The number of hydrogen-bond donors (Lipinski definition) is 2. The number of hydrogen-bond acceptors (Lipinski definition) is 5. The molecule has 2 aromatic carbocycles. The molecular weight excluding hydrogens is 409 g/mol. The second kappa shape index (κ2) is 9.67. The first kappa shape index (κ1) is 21.0. The van der Waals surface area contributed by atoms with Crippen LogP contribution in [0.3, 0.4) is 0 Å². The van der Waals surface area contributed by atoms with Gasteiger partial charge in [0.15, 0.2) is 4.34 Å². The van der Waals surface area contributed by atoms with Gasteiger partial charge in [-0.2, -0.15) is 0 Å². The molecule has 8 heteroatoms. The van der Waals surface area contributed by atoms with Crippen LogP contribution in [-0.4, -0.2) is 22.6 Å². The average molecular weight is 430 g/mol. The van der Waals surface area contributed by atoms with Crippen LogP contribution in [0, 0.1) is 19.7 Å². The molecule has 2 amide bonds. The minimum atomic E-state index is -0.353. The number of rotatable bonds is 7. The highest BCUT2D eigenvalue weighted by atomic mass is 32.2. The van der Waals surface area contributed by atoms with E-state index in [4.69, 9.17) is 0 Å². The van der Waals surface area contributed by atoms with E-state index >= 15 is 0 Å². The normalized spacial score (nSPS) is 10.6. The van der Waals surface area contributed by atoms with Gasteiger partial charge >= 0.3 is 0 Å². The minimum absolute atomic E-state index is 0.133. The monoisotopic (exact) mass is 429 g/mol. The smallest absolute Gasteiger partial charge is 0.234 e. The Labute approximate surface area is 176 Å². The highest BCUT2D eigenvalue weighted by molar-refractivity contribution is 8.01. The van der Waals surface area contributed by atoms with Crippen LogP contribution in [0.15, 0.2) is 52.2 Å². The first-order valence-corrected chi connectivity index (χ1v) is 10.7. The molecule has 0 spiro atoms. The molecule has 1 aromatic heterocycles. The van der Waals surface area contributed by atoms with E-state index in [0.29, 0.717) is 15.7 Å². The van der Waals surface area contributed by atoms with E-state index < -0.39 is 0 Å². The van der Waals surface area contributed by atoms with Crippen LogP contribution in [0.2, 0.25) is 0 Å². The molecule has 0 aliphatic rings. The van der Waals surface area contributed by atoms with Crippen molar-refractivity contribution >= 4 is 46.3 Å². The minimum Gasteiger partial charge on any atom is -0.326 e. The van der Waals surface area contributed by atoms with Crippen molar-refractivity contribution in [1.82, 2.24) is 4.98 Å². The molecule has 5 nitrogen and oxygen atoms in total. The van der Waals surface area contributed by atoms with Crippen molar-refractivity contribution in [3.05, 3.63) is 70.5 Å². The van der Waals surface area contributed by atoms with E-state index in [1.165, 1.54) is 47.4 Å². The number of thiazole rings is 1. The third-order valence-corrected chi connectivity index (χ3v) is 5.90. The third-order valence-electron chi connectivity index (χ3n) is 3.83. The molecule has 0 atom stereocenters. The average Bonchev–Trinajstić information content (AvgIpc) is 3.08. The van der Waals surface area contributed by atoms with Gasteiger partial charge in [0.1, 0.15) is 5.82 Å². The van der Waals surface area contributed by atoms with Crippen molar-refractivity contribution in [1.29, 1.82) is 0 Å². The maximum Gasteiger partial charge on any atom is 0.234 e. The standard InChI is InChI=1S/C21H20FN3O2S2/c1-13-7-14(2)9-17(8-13)24-19(26)10-18-11-28-21(25-18)29-12-20(27)23-16-5-3-15(22)4-6-16/h3-9,11H,10,12H2,1-2H3,(H,23,27)(H,24,26). The predicted molar refractivity (Wildman–Crippen MR) is 116 cm³/mol. The van der Waals surface area contributed by atoms with E-state index in [9.17, 15) is 14.0 Å². The Morgan fingerprint density at radius 2 is 1.66 bits per heavy atom. The molecular formula is C21H20FN3O2S2. The largest absolute Gasteiger partial charge is 0.326 e. The fourth-order valence-electron chi connectivity index (χ4n) is 2.71. The summed E-state index contributed by atoms with van der Waals surface area (Å²) >= 11 is 2.69. The van der Waals surface area contributed by atoms with Crippen molar-refractivity contribution in [2.24, 2.45) is 0 Å². The summed E-state index contributed by atoms with van der Waals surface area (Å²) in [7, 11) is 0. The molecule has 0 unspecified atom stereocenters. The number of nitrogens with zero attached hydrogens (tertiary/aromatic N) is 1. The molecule has 0 aliphatic heterocycles. The Bertz CT molecular complexity index is 999. The van der Waals surface area contributed by atoms with Gasteiger partial charge in [0.25, 0.3) is 0 Å². The lowest BCUT2D eigenvalue weighted by Crippen LogP contribution is -2.15. The molecule has 1 heterocycles. The summed E-state index contributed by atoms with van der Waals surface area (Å²) in [5, 5.41) is 7.41. The SMILES string of the molecule is Cc1cc(C)cc(NC(=O)Cc2csc(SCC(=O)Nc3ccc(F)cc3)n2)c1. The zero-order valence-electron chi connectivity index (χ0n) is 16.0. The van der Waals surface area contributed by atoms with Gasteiger partial charge in [0.05, 0.1) is 17.9 Å². The molecule has 2 N–H and O–H groups in total. The Morgan fingerprint density at radius 1 is 1.00 bits per heavy atom. The van der Waals surface area contributed by atoms with Crippen molar-refractivity contribution < 1.29 is 14.0 Å². The number of carbonyl (C=O) groups excluding carboxylic acids is 2. The van der Waals surface area contributed by atoms with Crippen molar-refractivity contribution in [3.63, 3.8) is 0 Å². The number of carbonyl (C=O) groups is 2. The number of halogens is 1. The zero-order valence-corrected chi connectivity index (χ0v) is 17.6. The molecule has 3 aromatic rings. The lowest BCUT2D eigenvalue weighted by molar-refractivity contribution is -0.116. The Balaban J connectivity index is 1.47. The quantitative estimate of drug-likeness (QED) is 0.529. The molecule has 150 valence electrons. The number of nitrogens with one attached hydrogen (secondary N) is 2. The molecule has 0 radical (unpaired) electrons. The first-order valence-electron chi connectivity index (χ1n) is 8.88. The molecule has 0 fully saturated rings. The highest BCUT2D eigenvalue weighted by Crippen LogP contribution is 2.23. The molecule has 0 aliphatic carbocycles. The van der Waals surface area contributed by atoms with Crippen molar-refractivity contribution in [2.45, 2.75) is 24.6 Å². The lowest BCUT2D eigenvalue weighted by atomic mass is 10.1. The molecule has 3 rings (SSSR count). The summed E-state index contributed by atoms with van der Waals surface area (Å²) in [6, 6.07) is 11.5. The fraction of sp³-hybridized carbons (Fsp3) is 0.190. The molecule has 0 saturated heterocycles. The summed E-state index contributed by atoms with van der Waals surface area (Å²) in [5.41, 5.74) is 4.16. The molecule has 29 heavy (non-hydrogen) atoms. The van der Waals surface area contributed by atoms with Gasteiger partial charge in [-0.1, -0.05) is 17.8 Å². The number of thioether (sulfide) groups is 1. The highest BCUT2D eigenvalue weighted by Gasteiger charge is 2.11. The Kier molecular flexibility index (Phi) is 7.00. The second-order valence-corrected chi connectivity index (χ2v) is 8.63. The predicted octanol–water partition coefficient (Wildman–Crippen LogP) is 4.81. The van der Waals surface area contributed by atoms with Crippen LogP contribution >= 0.6 is 23.1 Å². The third kappa shape index (κ3) is 6.69. The van der Waals surface area contributed by atoms with Gasteiger partial charge in [-0.05, 0) is 61.4 Å². The van der Waals surface area contributed by atoms with E-state index in [1.807, 2.05) is 37.4 Å². The van der Waals surface area contributed by atoms with Gasteiger partial charge < -0.3 is 10.6 Å². The van der Waals surface area contributed by atoms with Gasteiger partial charge in [0, 0.05) is 16.8 Å². The summed E-state index contributed by atoms with van der Waals surface area (Å²) in [4.78, 5) is 28.7. The van der Waals surface area contributed by atoms with E-state index in [-0.39, 0.29) is 29.8 Å². The summed E-state index contributed by atoms with van der Waals surface area (Å²) in [6.45, 7) is 3.97.